The lowest BCUT2D eigenvalue weighted by Gasteiger charge is -2.48. The molecule has 6 saturated heterocycles. The molecule has 8 aliphatic rings. The Morgan fingerprint density at radius 2 is 1.64 bits per heavy atom. The van der Waals surface area contributed by atoms with Crippen molar-refractivity contribution in [2.24, 2.45) is 11.8 Å². The maximum absolute atomic E-state index is 14.4. The maximum Gasteiger partial charge on any atom is 0.243 e. The van der Waals surface area contributed by atoms with E-state index in [0.717, 1.165) is 156 Å². The van der Waals surface area contributed by atoms with Crippen LogP contribution in [0.2, 0.25) is 0 Å². The highest BCUT2D eigenvalue weighted by Gasteiger charge is 2.46. The highest BCUT2D eigenvalue weighted by Crippen LogP contribution is 2.39. The Kier molecular flexibility index (Phi) is 16.9. The summed E-state index contributed by atoms with van der Waals surface area (Å²) < 4.78 is 19.2. The molecule has 12 rings (SSSR count). The first-order valence-corrected chi connectivity index (χ1v) is 31.1. The number of piperazine rings is 1. The summed E-state index contributed by atoms with van der Waals surface area (Å²) in [6, 6.07) is 12.4. The molecule has 2 amide bonds. The summed E-state index contributed by atoms with van der Waals surface area (Å²) in [4.78, 5) is 48.0. The number of rotatable bonds is 17. The molecule has 2 aliphatic carbocycles. The van der Waals surface area contributed by atoms with E-state index in [2.05, 4.69) is 56.2 Å². The van der Waals surface area contributed by atoms with Crippen molar-refractivity contribution in [3.05, 3.63) is 82.5 Å². The number of likely N-dealkylation sites (tertiary alicyclic amines) is 2. The van der Waals surface area contributed by atoms with Crippen LogP contribution in [0, 0.1) is 18.8 Å². The van der Waals surface area contributed by atoms with E-state index >= 15 is 0 Å². The molecular weight excluding hydrogens is 1040 g/mol. The summed E-state index contributed by atoms with van der Waals surface area (Å²) in [6.45, 7) is 18.5. The summed E-state index contributed by atoms with van der Waals surface area (Å²) in [5.41, 5.74) is 13.6. The molecule has 0 spiro atoms. The molecule has 436 valence electrons. The number of ether oxygens (including phenoxy) is 2. The van der Waals surface area contributed by atoms with Gasteiger partial charge in [0.05, 0.1) is 64.5 Å². The number of aliphatic hydroxyl groups excluding tert-OH is 2. The Labute approximate surface area is 480 Å². The van der Waals surface area contributed by atoms with Gasteiger partial charge in [-0.3, -0.25) is 19.4 Å². The number of anilines is 3. The molecule has 1 aromatic carbocycles. The molecular formula is C61H84N12O7S. The van der Waals surface area contributed by atoms with E-state index in [1.54, 1.807) is 16.2 Å². The van der Waals surface area contributed by atoms with Crippen LogP contribution in [-0.4, -0.2) is 189 Å². The molecule has 3 aromatic heterocycles. The van der Waals surface area contributed by atoms with E-state index in [9.17, 15) is 19.8 Å². The molecule has 19 nitrogen and oxygen atoms in total. The number of carbonyl (C=O) groups excluding carboxylic acids is 2. The van der Waals surface area contributed by atoms with Crippen molar-refractivity contribution in [3.63, 3.8) is 0 Å². The van der Waals surface area contributed by atoms with Gasteiger partial charge in [-0.05, 0) is 101 Å². The maximum atomic E-state index is 14.4. The number of benzene rings is 1. The zero-order valence-corrected chi connectivity index (χ0v) is 48.6. The van der Waals surface area contributed by atoms with Crippen LogP contribution in [0.25, 0.3) is 16.0 Å². The molecule has 2 bridgehead atoms. The van der Waals surface area contributed by atoms with E-state index in [4.69, 9.17) is 19.7 Å². The van der Waals surface area contributed by atoms with Crippen LogP contribution < -0.4 is 20.9 Å². The van der Waals surface area contributed by atoms with E-state index in [-0.39, 0.29) is 42.8 Å². The van der Waals surface area contributed by atoms with Gasteiger partial charge in [0.15, 0.2) is 17.4 Å². The number of aliphatic hydroxyl groups is 2. The van der Waals surface area contributed by atoms with Gasteiger partial charge in [-0.15, -0.1) is 21.5 Å². The molecule has 20 heteroatoms. The number of amides is 2. The number of allylic oxidation sites excluding steroid dienone is 4. The van der Waals surface area contributed by atoms with E-state index in [0.29, 0.717) is 65.7 Å². The largest absolute Gasteiger partial charge is 0.512 e. The van der Waals surface area contributed by atoms with Crippen molar-refractivity contribution in [1.82, 2.24) is 45.3 Å². The summed E-state index contributed by atoms with van der Waals surface area (Å²) in [5.74, 6) is 1.39. The Bertz CT molecular complexity index is 2880. The number of thiazole rings is 1. The zero-order valence-electron chi connectivity index (χ0n) is 47.8. The van der Waals surface area contributed by atoms with Gasteiger partial charge in [-0.1, -0.05) is 55.4 Å². The van der Waals surface area contributed by atoms with Crippen LogP contribution in [0.15, 0.2) is 64.3 Å². The van der Waals surface area contributed by atoms with Crippen molar-refractivity contribution in [2.75, 3.05) is 94.1 Å². The van der Waals surface area contributed by atoms with Gasteiger partial charge in [0.25, 0.3) is 0 Å². The number of aromatic nitrogens is 4. The minimum absolute atomic E-state index is 0.0916. The third-order valence-corrected chi connectivity index (χ3v) is 20.1. The van der Waals surface area contributed by atoms with Crippen LogP contribution in [0.4, 0.5) is 17.3 Å². The number of piperidine rings is 2. The molecule has 4 aromatic rings. The average Bonchev–Trinajstić information content (AvgIpc) is 4.46. The minimum Gasteiger partial charge on any atom is -0.512 e. The molecule has 0 radical (unpaired) electrons. The summed E-state index contributed by atoms with van der Waals surface area (Å²) in [6.07, 6.45) is 14.6. The van der Waals surface area contributed by atoms with E-state index in [1.165, 1.54) is 12.8 Å². The van der Waals surface area contributed by atoms with Crippen LogP contribution in [0.1, 0.15) is 126 Å². The van der Waals surface area contributed by atoms with Crippen LogP contribution >= 0.6 is 11.3 Å². The molecule has 6 aliphatic heterocycles. The van der Waals surface area contributed by atoms with E-state index in [1.807, 2.05) is 75.7 Å². The van der Waals surface area contributed by atoms with Crippen molar-refractivity contribution in [2.45, 2.75) is 159 Å². The van der Waals surface area contributed by atoms with Crippen molar-refractivity contribution >= 4 is 46.0 Å². The number of β-amino-alcohol motifs (C(OH)–C–C–N with tert-alkyl or cyclic N) is 1. The highest BCUT2D eigenvalue weighted by molar-refractivity contribution is 7.13. The standard InChI is InChI=1S/C61H84N12O7S/c1-37(2)57(61(77)73-33-46(74)27-53(73)60(76)64-38(3)41-9-11-42(12-10-41)58-39(4)63-36-81-58)55-29-56(67-80-55)69-21-15-40(16-22-69)30-68-19-17-47(18-20-68)79-48-25-45(26-48)70-23-24-78-49(34-70)35-72-43-13-14-44(72)32-71(31-43)52-28-51(65-66-59(52)62)50-7-5-6-8-54(50)75/h5,7,9-12,28-29,36-38,40,43-49,53,57,74-75H,6,8,13-27,30-35H2,1-4H3,(H2,62,66)(H,64,76)/t38-,43?,44?,45?,46+,48?,49-,53-,57+/m0/s1. The summed E-state index contributed by atoms with van der Waals surface area (Å²) in [7, 11) is 0. The van der Waals surface area contributed by atoms with Gasteiger partial charge in [-0.2, -0.15) is 0 Å². The van der Waals surface area contributed by atoms with Gasteiger partial charge in [0, 0.05) is 115 Å². The summed E-state index contributed by atoms with van der Waals surface area (Å²) in [5, 5.41) is 37.7. The number of nitrogen functional groups attached to an aromatic ring is 1. The molecule has 81 heavy (non-hydrogen) atoms. The predicted octanol–water partition coefficient (Wildman–Crippen LogP) is 6.96. The first-order valence-electron chi connectivity index (χ1n) is 30.3. The number of nitrogens with zero attached hydrogens (tertiary/aromatic N) is 10. The fraction of sp³-hybridized carbons (Fsp3) is 0.639. The van der Waals surface area contributed by atoms with Crippen LogP contribution in [0.3, 0.4) is 0 Å². The predicted molar refractivity (Wildman–Crippen MR) is 313 cm³/mol. The van der Waals surface area contributed by atoms with Gasteiger partial charge in [0.1, 0.15) is 17.7 Å². The number of hydrogen-bond acceptors (Lipinski definition) is 18. The molecule has 5 N–H and O–H groups in total. The van der Waals surface area contributed by atoms with Gasteiger partial charge in [0.2, 0.25) is 11.8 Å². The average molecular weight is 1130 g/mol. The lowest BCUT2D eigenvalue weighted by molar-refractivity contribution is -0.141. The number of nitrogens with two attached hydrogens (primary N) is 1. The number of hydrogen-bond donors (Lipinski definition) is 4. The number of aryl methyl sites for hydroxylation is 1. The van der Waals surface area contributed by atoms with Crippen LogP contribution in [-0.2, 0) is 19.1 Å². The SMILES string of the molecule is Cc1ncsc1-c1ccc([C@H](C)NC(=O)[C@@H]2C[C@@H](O)CN2C(=O)[C@@H](c2cc(N3CCC(CN4CCC(OC5CC(N6CCO[C@H](CN7C8CCC7CN(c7cc(C9=C(O)CCC=C9)nnc7N)C8)C6)C5)CC4)CC3)no2)C(C)C)cc1. The summed E-state index contributed by atoms with van der Waals surface area (Å²) >= 11 is 1.60. The Morgan fingerprint density at radius 3 is 2.36 bits per heavy atom. The first kappa shape index (κ1) is 56.0. The fourth-order valence-electron chi connectivity index (χ4n) is 14.4. The second-order valence-corrected chi connectivity index (χ2v) is 25.8. The normalized spacial score (nSPS) is 28.0. The molecule has 1 saturated carbocycles. The topological polar surface area (TPSA) is 215 Å². The van der Waals surface area contributed by atoms with Crippen molar-refractivity contribution in [3.8, 4) is 10.4 Å². The van der Waals surface area contributed by atoms with Gasteiger partial charge < -0.3 is 54.9 Å². The van der Waals surface area contributed by atoms with Crippen molar-refractivity contribution < 1.29 is 33.8 Å². The number of morpholine rings is 1. The van der Waals surface area contributed by atoms with Gasteiger partial charge >= 0.3 is 0 Å². The number of carbonyl (C=O) groups is 2. The number of fused-ring (bicyclic) bond motifs is 2. The highest BCUT2D eigenvalue weighted by atomic mass is 32.1. The molecule has 7 atom stereocenters. The number of nitrogens with one attached hydrogen (secondary N) is 1. The molecule has 2 unspecified atom stereocenters. The fourth-order valence-corrected chi connectivity index (χ4v) is 15.2. The monoisotopic (exact) mass is 1130 g/mol. The molecule has 9 heterocycles. The Hall–Kier alpha value is -5.48. The van der Waals surface area contributed by atoms with E-state index < -0.39 is 18.1 Å². The zero-order chi connectivity index (χ0) is 55.9. The quantitative estimate of drug-likeness (QED) is 0.0841. The minimum atomic E-state index is -0.796. The van der Waals surface area contributed by atoms with Crippen molar-refractivity contribution in [1.29, 1.82) is 0 Å². The Morgan fingerprint density at radius 1 is 0.877 bits per heavy atom. The third kappa shape index (κ3) is 12.3. The smallest absolute Gasteiger partial charge is 0.243 e. The van der Waals surface area contributed by atoms with Crippen LogP contribution in [0.5, 0.6) is 0 Å². The second-order valence-electron chi connectivity index (χ2n) is 24.9. The Balaban J connectivity index is 0.553. The lowest BCUT2D eigenvalue weighted by atomic mass is 9.86. The first-order chi connectivity index (χ1) is 39.3. The lowest BCUT2D eigenvalue weighted by Crippen LogP contribution is -2.60. The third-order valence-electron chi connectivity index (χ3n) is 19.1. The molecule has 7 fully saturated rings. The van der Waals surface area contributed by atoms with Gasteiger partial charge in [-0.25, -0.2) is 4.98 Å². The second kappa shape index (κ2) is 24.4.